The summed E-state index contributed by atoms with van der Waals surface area (Å²) in [6.45, 7) is 5.75. The highest BCUT2D eigenvalue weighted by molar-refractivity contribution is 7.89. The fourth-order valence-electron chi connectivity index (χ4n) is 3.96. The summed E-state index contributed by atoms with van der Waals surface area (Å²) in [5, 5.41) is 19.7. The van der Waals surface area contributed by atoms with Gasteiger partial charge in [0.2, 0.25) is 10.0 Å². The van der Waals surface area contributed by atoms with Crippen molar-refractivity contribution >= 4 is 27.3 Å². The molecule has 3 heterocycles. The van der Waals surface area contributed by atoms with Crippen LogP contribution in [-0.4, -0.2) is 67.1 Å². The van der Waals surface area contributed by atoms with Gasteiger partial charge in [-0.25, -0.2) is 8.42 Å². The number of non-ortho nitro benzene ring substituents is 1. The Hall–Kier alpha value is -2.79. The van der Waals surface area contributed by atoms with Gasteiger partial charge >= 0.3 is 0 Å². The highest BCUT2D eigenvalue weighted by atomic mass is 32.2. The minimum Gasteiger partial charge on any atom is -0.355 e. The molecular formula is C20H26N6O4S. The molecule has 1 aromatic carbocycles. The number of nitro groups is 1. The van der Waals surface area contributed by atoms with Crippen molar-refractivity contribution in [1.82, 2.24) is 14.5 Å². The summed E-state index contributed by atoms with van der Waals surface area (Å²) in [6.07, 6.45) is 2.31. The number of aromatic nitrogens is 2. The molecule has 0 atom stereocenters. The summed E-state index contributed by atoms with van der Waals surface area (Å²) in [7, 11) is -3.79. The van der Waals surface area contributed by atoms with E-state index >= 15 is 0 Å². The van der Waals surface area contributed by atoms with Crippen LogP contribution in [0.25, 0.3) is 0 Å². The van der Waals surface area contributed by atoms with E-state index in [0.29, 0.717) is 13.1 Å². The zero-order valence-corrected chi connectivity index (χ0v) is 18.2. The van der Waals surface area contributed by atoms with Crippen molar-refractivity contribution in [3.63, 3.8) is 0 Å². The Kier molecular flexibility index (Phi) is 6.05. The largest absolute Gasteiger partial charge is 0.355 e. The van der Waals surface area contributed by atoms with Gasteiger partial charge in [-0.3, -0.25) is 10.1 Å². The number of rotatable bonds is 5. The van der Waals surface area contributed by atoms with E-state index < -0.39 is 14.9 Å². The Morgan fingerprint density at radius 3 is 2.06 bits per heavy atom. The second-order valence-corrected chi connectivity index (χ2v) is 10.0. The molecule has 0 saturated carbocycles. The first-order valence-electron chi connectivity index (χ1n) is 10.4. The normalized spacial score (nSPS) is 18.9. The standard InChI is InChI=1S/C20H26N6O4S/c1-16-7-9-23(10-8-16)19-5-6-20(22-21-19)24-11-13-25(14-12-24)31(29,30)18-4-2-3-17(15-18)26(27)28/h2-6,15-16H,7-14H2,1H3. The Balaban J connectivity index is 1.39. The van der Waals surface area contributed by atoms with E-state index in [1.165, 1.54) is 22.5 Å². The molecule has 0 bridgehead atoms. The number of hydrogen-bond donors (Lipinski definition) is 0. The third-order valence-electron chi connectivity index (χ3n) is 5.97. The number of piperazine rings is 1. The zero-order chi connectivity index (χ0) is 22.0. The highest BCUT2D eigenvalue weighted by Gasteiger charge is 2.30. The van der Waals surface area contributed by atoms with Crippen molar-refractivity contribution in [2.75, 3.05) is 49.1 Å². The Labute approximate surface area is 181 Å². The molecule has 0 N–H and O–H groups in total. The monoisotopic (exact) mass is 446 g/mol. The maximum Gasteiger partial charge on any atom is 0.270 e. The lowest BCUT2D eigenvalue weighted by Gasteiger charge is -2.35. The second kappa shape index (κ2) is 8.75. The molecule has 1 aromatic heterocycles. The number of piperidine rings is 1. The van der Waals surface area contributed by atoms with E-state index in [0.717, 1.165) is 49.6 Å². The molecule has 2 fully saturated rings. The third-order valence-corrected chi connectivity index (χ3v) is 7.87. The van der Waals surface area contributed by atoms with Crippen molar-refractivity contribution in [3.8, 4) is 0 Å². The van der Waals surface area contributed by atoms with Crippen molar-refractivity contribution < 1.29 is 13.3 Å². The number of benzene rings is 1. The Bertz CT molecular complexity index is 1030. The van der Waals surface area contributed by atoms with Crippen LogP contribution in [0.5, 0.6) is 0 Å². The minimum absolute atomic E-state index is 0.0601. The topological polar surface area (TPSA) is 113 Å². The molecule has 0 unspecified atom stereocenters. The first-order valence-corrected chi connectivity index (χ1v) is 11.9. The molecule has 2 aromatic rings. The quantitative estimate of drug-likeness (QED) is 0.507. The molecular weight excluding hydrogens is 420 g/mol. The number of nitro benzene ring substituents is 1. The van der Waals surface area contributed by atoms with Gasteiger partial charge in [-0.1, -0.05) is 13.0 Å². The smallest absolute Gasteiger partial charge is 0.270 e. The van der Waals surface area contributed by atoms with E-state index in [1.807, 2.05) is 17.0 Å². The molecule has 166 valence electrons. The van der Waals surface area contributed by atoms with E-state index in [-0.39, 0.29) is 23.7 Å². The first kappa shape index (κ1) is 21.4. The predicted octanol–water partition coefficient (Wildman–Crippen LogP) is 2.13. The molecule has 2 aliphatic heterocycles. The van der Waals surface area contributed by atoms with Gasteiger partial charge in [-0.05, 0) is 37.0 Å². The Morgan fingerprint density at radius 2 is 1.52 bits per heavy atom. The average molecular weight is 447 g/mol. The first-order chi connectivity index (χ1) is 14.8. The SMILES string of the molecule is CC1CCN(c2ccc(N3CCN(S(=O)(=O)c4cccc([N+](=O)[O-])c4)CC3)nn2)CC1. The van der Waals surface area contributed by atoms with Gasteiger partial charge in [0.15, 0.2) is 11.6 Å². The summed E-state index contributed by atoms with van der Waals surface area (Å²) >= 11 is 0. The van der Waals surface area contributed by atoms with Crippen LogP contribution in [0.1, 0.15) is 19.8 Å². The van der Waals surface area contributed by atoms with Gasteiger partial charge in [0.25, 0.3) is 5.69 Å². The highest BCUT2D eigenvalue weighted by Crippen LogP contribution is 2.25. The molecule has 11 heteroatoms. The summed E-state index contributed by atoms with van der Waals surface area (Å²) < 4.78 is 27.2. The van der Waals surface area contributed by atoms with Crippen LogP contribution in [0.2, 0.25) is 0 Å². The molecule has 4 rings (SSSR count). The Morgan fingerprint density at radius 1 is 0.935 bits per heavy atom. The second-order valence-electron chi connectivity index (χ2n) is 8.06. The lowest BCUT2D eigenvalue weighted by molar-refractivity contribution is -0.385. The van der Waals surface area contributed by atoms with Crippen LogP contribution in [0.15, 0.2) is 41.3 Å². The fraction of sp³-hybridized carbons (Fsp3) is 0.500. The van der Waals surface area contributed by atoms with Crippen molar-refractivity contribution in [2.45, 2.75) is 24.7 Å². The lowest BCUT2D eigenvalue weighted by atomic mass is 9.99. The van der Waals surface area contributed by atoms with E-state index in [1.54, 1.807) is 0 Å². The van der Waals surface area contributed by atoms with Crippen LogP contribution in [-0.2, 0) is 10.0 Å². The lowest BCUT2D eigenvalue weighted by Crippen LogP contribution is -2.49. The number of hydrogen-bond acceptors (Lipinski definition) is 8. The van der Waals surface area contributed by atoms with E-state index in [4.69, 9.17) is 0 Å². The van der Waals surface area contributed by atoms with Crippen LogP contribution in [0.4, 0.5) is 17.3 Å². The van der Waals surface area contributed by atoms with Gasteiger partial charge in [0.1, 0.15) is 0 Å². The molecule has 10 nitrogen and oxygen atoms in total. The van der Waals surface area contributed by atoms with Gasteiger partial charge in [0.05, 0.1) is 9.82 Å². The van der Waals surface area contributed by atoms with Crippen LogP contribution in [0.3, 0.4) is 0 Å². The maximum atomic E-state index is 12.9. The molecule has 31 heavy (non-hydrogen) atoms. The number of nitrogens with zero attached hydrogens (tertiary/aromatic N) is 6. The molecule has 0 spiro atoms. The summed E-state index contributed by atoms with van der Waals surface area (Å²) in [5.41, 5.74) is -0.238. The average Bonchev–Trinajstić information content (AvgIpc) is 2.80. The van der Waals surface area contributed by atoms with Crippen LogP contribution in [0, 0.1) is 16.0 Å². The van der Waals surface area contributed by atoms with Gasteiger partial charge < -0.3 is 9.80 Å². The number of sulfonamides is 1. The summed E-state index contributed by atoms with van der Waals surface area (Å²) in [6, 6.07) is 9.08. The number of anilines is 2. The molecule has 0 radical (unpaired) electrons. The van der Waals surface area contributed by atoms with Crippen LogP contribution >= 0.6 is 0 Å². The summed E-state index contributed by atoms with van der Waals surface area (Å²) in [5.74, 6) is 2.35. The molecule has 2 saturated heterocycles. The molecule has 2 aliphatic rings. The van der Waals surface area contributed by atoms with Gasteiger partial charge in [0, 0.05) is 51.4 Å². The summed E-state index contributed by atoms with van der Waals surface area (Å²) in [4.78, 5) is 14.6. The van der Waals surface area contributed by atoms with Crippen molar-refractivity contribution in [3.05, 3.63) is 46.5 Å². The van der Waals surface area contributed by atoms with Gasteiger partial charge in [-0.2, -0.15) is 4.31 Å². The fourth-order valence-corrected chi connectivity index (χ4v) is 5.42. The van der Waals surface area contributed by atoms with E-state index in [2.05, 4.69) is 22.0 Å². The minimum atomic E-state index is -3.79. The maximum absolute atomic E-state index is 12.9. The van der Waals surface area contributed by atoms with Gasteiger partial charge in [-0.15, -0.1) is 10.2 Å². The van der Waals surface area contributed by atoms with Crippen LogP contribution < -0.4 is 9.80 Å². The van der Waals surface area contributed by atoms with E-state index in [9.17, 15) is 18.5 Å². The third kappa shape index (κ3) is 4.62. The molecule has 0 aliphatic carbocycles. The van der Waals surface area contributed by atoms with Crippen molar-refractivity contribution in [1.29, 1.82) is 0 Å². The van der Waals surface area contributed by atoms with Crippen molar-refractivity contribution in [2.24, 2.45) is 5.92 Å². The zero-order valence-electron chi connectivity index (χ0n) is 17.4. The molecule has 0 amide bonds. The predicted molar refractivity (Wildman–Crippen MR) is 117 cm³/mol.